The Kier molecular flexibility index (Phi) is 5.07. The number of halogens is 3. The Morgan fingerprint density at radius 3 is 2.42 bits per heavy atom. The average Bonchev–Trinajstić information content (AvgIpc) is 2.37. The van der Waals surface area contributed by atoms with Crippen LogP contribution in [0.3, 0.4) is 0 Å². The van der Waals surface area contributed by atoms with Gasteiger partial charge in [0, 0.05) is 14.0 Å². The molecular weight excluding hydrogens is 389 g/mol. The Hall–Kier alpha value is -0.350. The zero-order valence-electron chi connectivity index (χ0n) is 10.7. The third kappa shape index (κ3) is 3.40. The van der Waals surface area contributed by atoms with Crippen molar-refractivity contribution in [1.29, 1.82) is 0 Å². The van der Waals surface area contributed by atoms with Crippen LogP contribution in [0.5, 0.6) is 0 Å². The van der Waals surface area contributed by atoms with E-state index in [1.807, 2.05) is 26.1 Å². The summed E-state index contributed by atoms with van der Waals surface area (Å²) in [4.78, 5) is 0. The quantitative estimate of drug-likeness (QED) is 0.715. The first-order valence-electron chi connectivity index (χ1n) is 5.91. The summed E-state index contributed by atoms with van der Waals surface area (Å²) in [5.41, 5.74) is 3.43. The lowest BCUT2D eigenvalue weighted by atomic mass is 9.98. The van der Waals surface area contributed by atoms with Gasteiger partial charge in [-0.25, -0.2) is 0 Å². The van der Waals surface area contributed by atoms with Crippen LogP contribution < -0.4 is 5.32 Å². The highest BCUT2D eigenvalue weighted by Gasteiger charge is 2.15. The van der Waals surface area contributed by atoms with Gasteiger partial charge in [-0.3, -0.25) is 0 Å². The van der Waals surface area contributed by atoms with Crippen molar-refractivity contribution in [2.45, 2.75) is 13.0 Å². The predicted octanol–water partition coefficient (Wildman–Crippen LogP) is 5.48. The first-order valence-corrected chi connectivity index (χ1v) is 7.87. The maximum absolute atomic E-state index is 6.22. The SMILES string of the molecule is CNC(c1ccc(C)c(Cl)c1)c1ccc(Br)cc1Br. The number of benzene rings is 2. The third-order valence-electron chi connectivity index (χ3n) is 3.09. The molecule has 0 aromatic heterocycles. The van der Waals surface area contributed by atoms with E-state index in [0.29, 0.717) is 0 Å². The fourth-order valence-electron chi connectivity index (χ4n) is 2.03. The van der Waals surface area contributed by atoms with E-state index in [2.05, 4.69) is 61.4 Å². The Morgan fingerprint density at radius 2 is 1.84 bits per heavy atom. The van der Waals surface area contributed by atoms with Crippen LogP contribution in [0.2, 0.25) is 5.02 Å². The Balaban J connectivity index is 2.46. The molecule has 0 spiro atoms. The number of rotatable bonds is 3. The van der Waals surface area contributed by atoms with Gasteiger partial charge in [-0.1, -0.05) is 61.7 Å². The topological polar surface area (TPSA) is 12.0 Å². The second-order valence-electron chi connectivity index (χ2n) is 4.40. The van der Waals surface area contributed by atoms with E-state index in [0.717, 1.165) is 25.1 Å². The molecule has 1 atom stereocenters. The molecule has 0 radical (unpaired) electrons. The van der Waals surface area contributed by atoms with Crippen LogP contribution in [0, 0.1) is 6.92 Å². The lowest BCUT2D eigenvalue weighted by Crippen LogP contribution is -2.18. The molecule has 2 aromatic carbocycles. The van der Waals surface area contributed by atoms with Gasteiger partial charge in [-0.05, 0) is 48.9 Å². The van der Waals surface area contributed by atoms with Crippen LogP contribution >= 0.6 is 43.5 Å². The van der Waals surface area contributed by atoms with Crippen molar-refractivity contribution in [3.63, 3.8) is 0 Å². The Bertz CT molecular complexity index is 599. The second kappa shape index (κ2) is 6.40. The minimum atomic E-state index is 0.112. The molecule has 1 nitrogen and oxygen atoms in total. The number of hydrogen-bond donors (Lipinski definition) is 1. The van der Waals surface area contributed by atoms with Gasteiger partial charge >= 0.3 is 0 Å². The van der Waals surface area contributed by atoms with Crippen molar-refractivity contribution < 1.29 is 0 Å². The monoisotopic (exact) mass is 401 g/mol. The summed E-state index contributed by atoms with van der Waals surface area (Å²) >= 11 is 13.3. The third-order valence-corrected chi connectivity index (χ3v) is 4.68. The molecule has 0 fully saturated rings. The van der Waals surface area contributed by atoms with Crippen LogP contribution in [-0.4, -0.2) is 7.05 Å². The molecule has 1 unspecified atom stereocenters. The van der Waals surface area contributed by atoms with E-state index in [9.17, 15) is 0 Å². The van der Waals surface area contributed by atoms with Gasteiger partial charge in [0.05, 0.1) is 6.04 Å². The summed E-state index contributed by atoms with van der Waals surface area (Å²) in [6.45, 7) is 2.01. The van der Waals surface area contributed by atoms with Gasteiger partial charge in [-0.2, -0.15) is 0 Å². The van der Waals surface area contributed by atoms with Gasteiger partial charge in [0.25, 0.3) is 0 Å². The normalized spacial score (nSPS) is 12.5. The lowest BCUT2D eigenvalue weighted by molar-refractivity contribution is 0.688. The van der Waals surface area contributed by atoms with E-state index >= 15 is 0 Å². The van der Waals surface area contributed by atoms with Crippen molar-refractivity contribution in [2.24, 2.45) is 0 Å². The van der Waals surface area contributed by atoms with E-state index in [1.54, 1.807) is 0 Å². The second-order valence-corrected chi connectivity index (χ2v) is 6.57. The minimum absolute atomic E-state index is 0.112. The largest absolute Gasteiger partial charge is 0.309 e. The molecule has 2 aromatic rings. The van der Waals surface area contributed by atoms with Gasteiger partial charge in [0.1, 0.15) is 0 Å². The number of hydrogen-bond acceptors (Lipinski definition) is 1. The maximum Gasteiger partial charge on any atom is 0.0585 e. The maximum atomic E-state index is 6.22. The summed E-state index contributed by atoms with van der Waals surface area (Å²) in [5.74, 6) is 0. The molecule has 0 heterocycles. The van der Waals surface area contributed by atoms with Crippen molar-refractivity contribution in [3.05, 3.63) is 67.1 Å². The van der Waals surface area contributed by atoms with E-state index in [1.165, 1.54) is 5.56 Å². The summed E-state index contributed by atoms with van der Waals surface area (Å²) in [7, 11) is 1.95. The van der Waals surface area contributed by atoms with Crippen LogP contribution in [0.1, 0.15) is 22.7 Å². The van der Waals surface area contributed by atoms with Gasteiger partial charge < -0.3 is 5.32 Å². The zero-order chi connectivity index (χ0) is 14.0. The standard InChI is InChI=1S/C15H14Br2ClN/c1-9-3-4-10(7-14(9)18)15(19-2)12-6-5-11(16)8-13(12)17/h3-8,15,19H,1-2H3. The van der Waals surface area contributed by atoms with Gasteiger partial charge in [0.2, 0.25) is 0 Å². The summed E-state index contributed by atoms with van der Waals surface area (Å²) in [6, 6.07) is 12.5. The number of aryl methyl sites for hydroxylation is 1. The van der Waals surface area contributed by atoms with Gasteiger partial charge in [-0.15, -0.1) is 0 Å². The lowest BCUT2D eigenvalue weighted by Gasteiger charge is -2.19. The molecule has 0 amide bonds. The Labute approximate surface area is 135 Å². The van der Waals surface area contributed by atoms with Gasteiger partial charge in [0.15, 0.2) is 0 Å². The first kappa shape index (κ1) is 15.0. The minimum Gasteiger partial charge on any atom is -0.309 e. The highest BCUT2D eigenvalue weighted by atomic mass is 79.9. The molecule has 19 heavy (non-hydrogen) atoms. The van der Waals surface area contributed by atoms with E-state index in [4.69, 9.17) is 11.6 Å². The summed E-state index contributed by atoms with van der Waals surface area (Å²) in [5, 5.41) is 4.13. The van der Waals surface area contributed by atoms with Crippen LogP contribution in [0.4, 0.5) is 0 Å². The fourth-order valence-corrected chi connectivity index (χ4v) is 3.49. The Morgan fingerprint density at radius 1 is 1.11 bits per heavy atom. The van der Waals surface area contributed by atoms with E-state index in [-0.39, 0.29) is 6.04 Å². The predicted molar refractivity (Wildman–Crippen MR) is 88.9 cm³/mol. The van der Waals surface area contributed by atoms with E-state index < -0.39 is 0 Å². The molecule has 2 rings (SSSR count). The molecule has 4 heteroatoms. The smallest absolute Gasteiger partial charge is 0.0585 e. The van der Waals surface area contributed by atoms with Crippen LogP contribution in [0.25, 0.3) is 0 Å². The van der Waals surface area contributed by atoms with Crippen molar-refractivity contribution in [1.82, 2.24) is 5.32 Å². The van der Waals surface area contributed by atoms with Crippen molar-refractivity contribution in [2.75, 3.05) is 7.05 Å². The summed E-state index contributed by atoms with van der Waals surface area (Å²) in [6.07, 6.45) is 0. The molecule has 0 aliphatic heterocycles. The average molecular weight is 404 g/mol. The number of nitrogens with one attached hydrogen (secondary N) is 1. The molecule has 1 N–H and O–H groups in total. The molecule has 0 saturated carbocycles. The van der Waals surface area contributed by atoms with Crippen LogP contribution in [0.15, 0.2) is 45.3 Å². The highest BCUT2D eigenvalue weighted by Crippen LogP contribution is 2.32. The first-order chi connectivity index (χ1) is 9.02. The molecule has 0 aliphatic rings. The highest BCUT2D eigenvalue weighted by molar-refractivity contribution is 9.11. The molecule has 0 bridgehead atoms. The molecule has 0 saturated heterocycles. The molecule has 100 valence electrons. The summed E-state index contributed by atoms with van der Waals surface area (Å²) < 4.78 is 2.12. The van der Waals surface area contributed by atoms with Crippen molar-refractivity contribution in [3.8, 4) is 0 Å². The van der Waals surface area contributed by atoms with Crippen LogP contribution in [-0.2, 0) is 0 Å². The molecule has 0 aliphatic carbocycles. The van der Waals surface area contributed by atoms with Crippen molar-refractivity contribution >= 4 is 43.5 Å². The zero-order valence-corrected chi connectivity index (χ0v) is 14.6. The molecular formula is C15H14Br2ClN. The fraction of sp³-hybridized carbons (Fsp3) is 0.200.